The minimum atomic E-state index is -4.96. The van der Waals surface area contributed by atoms with Crippen LogP contribution in [0.15, 0.2) is 0 Å². The van der Waals surface area contributed by atoms with Crippen molar-refractivity contribution >= 4 is 39.5 Å². The first-order valence-electron chi connectivity index (χ1n) is 44.0. The van der Waals surface area contributed by atoms with E-state index in [9.17, 15) is 43.2 Å². The van der Waals surface area contributed by atoms with Gasteiger partial charge in [0.15, 0.2) is 12.2 Å². The summed E-state index contributed by atoms with van der Waals surface area (Å²) in [6.45, 7) is 9.68. The average molecular weight is 1520 g/mol. The van der Waals surface area contributed by atoms with Crippen molar-refractivity contribution in [3.05, 3.63) is 0 Å². The molecule has 0 aliphatic rings. The monoisotopic (exact) mass is 1520 g/mol. The van der Waals surface area contributed by atoms with Crippen LogP contribution in [0.25, 0.3) is 0 Å². The molecule has 0 aliphatic heterocycles. The molecule has 3 unspecified atom stereocenters. The molecule has 0 fully saturated rings. The second kappa shape index (κ2) is 76.4. The summed E-state index contributed by atoms with van der Waals surface area (Å²) >= 11 is 0. The molecule has 0 aromatic heterocycles. The molecule has 0 saturated heterocycles. The third-order valence-corrected chi connectivity index (χ3v) is 22.2. The zero-order valence-corrected chi connectivity index (χ0v) is 70.1. The van der Waals surface area contributed by atoms with E-state index in [1.54, 1.807) is 0 Å². The lowest BCUT2D eigenvalue weighted by Gasteiger charge is -2.21. The standard InChI is InChI=1S/C85H166O17P2/c1-7-10-12-14-16-18-20-21-22-23-24-25-29-32-35-39-43-50-56-62-68-83(88)96-73-80(101-84(89)69-63-57-51-44-40-36-33-30-27-26-28-31-34-38-41-48-54-60-66-78(6)9-3)75-99-103(91,92)97-71-79(86)72-98-104(93,94)100-76-81(102-85(90)70-64-58-52-46-45-47-53-59-65-77(4)5)74-95-82(87)67-61-55-49-42-37-19-17-15-13-11-8-2/h77-81,86H,7-76H2,1-6H3,(H,91,92)(H,93,94)/t78?,79-,80-,81-/m1/s1. The van der Waals surface area contributed by atoms with Gasteiger partial charge in [-0.1, -0.05) is 401 Å². The highest BCUT2D eigenvalue weighted by Crippen LogP contribution is 2.45. The molecule has 0 spiro atoms. The Bertz CT molecular complexity index is 2000. The number of hydrogen-bond acceptors (Lipinski definition) is 15. The maximum atomic E-state index is 13.1. The van der Waals surface area contributed by atoms with Gasteiger partial charge in [0.25, 0.3) is 0 Å². The Morgan fingerprint density at radius 1 is 0.279 bits per heavy atom. The van der Waals surface area contributed by atoms with Crippen molar-refractivity contribution in [1.82, 2.24) is 0 Å². The molecule has 0 radical (unpaired) electrons. The zero-order chi connectivity index (χ0) is 76.4. The number of carbonyl (C=O) groups excluding carboxylic acids is 4. The van der Waals surface area contributed by atoms with E-state index in [0.717, 1.165) is 102 Å². The molecular formula is C85H166O17P2. The first-order chi connectivity index (χ1) is 50.4. The van der Waals surface area contributed by atoms with Crippen molar-refractivity contribution in [3.63, 3.8) is 0 Å². The summed E-state index contributed by atoms with van der Waals surface area (Å²) in [7, 11) is -9.92. The van der Waals surface area contributed by atoms with Gasteiger partial charge in [0, 0.05) is 25.7 Å². The van der Waals surface area contributed by atoms with Gasteiger partial charge in [0.05, 0.1) is 26.4 Å². The van der Waals surface area contributed by atoms with Crippen molar-refractivity contribution in [2.45, 2.75) is 471 Å². The predicted molar refractivity (Wildman–Crippen MR) is 428 cm³/mol. The summed E-state index contributed by atoms with van der Waals surface area (Å²) in [4.78, 5) is 73.1. The van der Waals surface area contributed by atoms with Gasteiger partial charge in [-0.3, -0.25) is 37.3 Å². The molecule has 0 bridgehead atoms. The predicted octanol–water partition coefficient (Wildman–Crippen LogP) is 25.8. The van der Waals surface area contributed by atoms with Crippen LogP contribution in [0.3, 0.4) is 0 Å². The molecule has 17 nitrogen and oxygen atoms in total. The maximum absolute atomic E-state index is 13.1. The Kier molecular flexibility index (Phi) is 75.0. The van der Waals surface area contributed by atoms with Crippen molar-refractivity contribution < 1.29 is 80.2 Å². The molecule has 6 atom stereocenters. The second-order valence-corrected chi connectivity index (χ2v) is 34.2. The molecule has 19 heteroatoms. The van der Waals surface area contributed by atoms with Crippen LogP contribution < -0.4 is 0 Å². The van der Waals surface area contributed by atoms with Crippen molar-refractivity contribution in [2.24, 2.45) is 11.8 Å². The summed E-state index contributed by atoms with van der Waals surface area (Å²) in [6, 6.07) is 0. The summed E-state index contributed by atoms with van der Waals surface area (Å²) in [5.41, 5.74) is 0. The lowest BCUT2D eigenvalue weighted by atomic mass is 9.99. The van der Waals surface area contributed by atoms with Crippen molar-refractivity contribution in [3.8, 4) is 0 Å². The quantitative estimate of drug-likeness (QED) is 0.0222. The van der Waals surface area contributed by atoms with Crippen LogP contribution in [0, 0.1) is 11.8 Å². The lowest BCUT2D eigenvalue weighted by Crippen LogP contribution is -2.30. The van der Waals surface area contributed by atoms with Gasteiger partial charge in [-0.2, -0.15) is 0 Å². The van der Waals surface area contributed by atoms with Crippen LogP contribution in [0.1, 0.15) is 452 Å². The first-order valence-corrected chi connectivity index (χ1v) is 47.0. The van der Waals surface area contributed by atoms with Gasteiger partial charge in [-0.15, -0.1) is 0 Å². The van der Waals surface area contributed by atoms with Gasteiger partial charge < -0.3 is 33.8 Å². The minimum Gasteiger partial charge on any atom is -0.462 e. The number of unbranched alkanes of at least 4 members (excludes halogenated alkanes) is 53. The summed E-state index contributed by atoms with van der Waals surface area (Å²) < 4.78 is 68.8. The topological polar surface area (TPSA) is 237 Å². The summed E-state index contributed by atoms with van der Waals surface area (Å²) in [6.07, 6.45) is 68.2. The maximum Gasteiger partial charge on any atom is 0.472 e. The number of aliphatic hydroxyl groups is 1. The Balaban J connectivity index is 5.20. The molecule has 0 aromatic carbocycles. The Morgan fingerprint density at radius 2 is 0.490 bits per heavy atom. The molecule has 0 rings (SSSR count). The van der Waals surface area contributed by atoms with Crippen LogP contribution in [-0.2, 0) is 65.4 Å². The third-order valence-electron chi connectivity index (χ3n) is 20.3. The summed E-state index contributed by atoms with van der Waals surface area (Å²) in [5.74, 6) is -0.517. The molecular weight excluding hydrogens is 1350 g/mol. The van der Waals surface area contributed by atoms with Crippen LogP contribution in [0.2, 0.25) is 0 Å². The molecule has 3 N–H and O–H groups in total. The number of ether oxygens (including phenoxy) is 4. The van der Waals surface area contributed by atoms with E-state index in [1.165, 1.54) is 270 Å². The Hall–Kier alpha value is -1.94. The van der Waals surface area contributed by atoms with E-state index in [4.69, 9.17) is 37.0 Å². The third kappa shape index (κ3) is 76.8. The fourth-order valence-electron chi connectivity index (χ4n) is 13.2. The molecule has 0 aliphatic carbocycles. The second-order valence-electron chi connectivity index (χ2n) is 31.3. The average Bonchev–Trinajstić information content (AvgIpc) is 0.903. The van der Waals surface area contributed by atoms with Crippen LogP contribution in [-0.4, -0.2) is 96.7 Å². The van der Waals surface area contributed by atoms with Crippen LogP contribution in [0.4, 0.5) is 0 Å². The van der Waals surface area contributed by atoms with Gasteiger partial charge in [-0.25, -0.2) is 9.13 Å². The number of aliphatic hydroxyl groups excluding tert-OH is 1. The molecule has 0 heterocycles. The number of rotatable bonds is 84. The van der Waals surface area contributed by atoms with Gasteiger partial charge in [0.1, 0.15) is 19.3 Å². The smallest absolute Gasteiger partial charge is 0.462 e. The number of phosphoric ester groups is 2. The number of carbonyl (C=O) groups is 4. The molecule has 0 saturated carbocycles. The van der Waals surface area contributed by atoms with E-state index in [1.807, 2.05) is 0 Å². The molecule has 0 aromatic rings. The summed E-state index contributed by atoms with van der Waals surface area (Å²) in [5, 5.41) is 10.7. The van der Waals surface area contributed by atoms with E-state index in [2.05, 4.69) is 41.5 Å². The van der Waals surface area contributed by atoms with E-state index >= 15 is 0 Å². The Morgan fingerprint density at radius 3 is 0.731 bits per heavy atom. The number of hydrogen-bond donors (Lipinski definition) is 3. The lowest BCUT2D eigenvalue weighted by molar-refractivity contribution is -0.161. The van der Waals surface area contributed by atoms with Crippen molar-refractivity contribution in [1.29, 1.82) is 0 Å². The largest absolute Gasteiger partial charge is 0.472 e. The first kappa shape index (κ1) is 102. The Labute approximate surface area is 638 Å². The number of esters is 4. The molecule has 104 heavy (non-hydrogen) atoms. The van der Waals surface area contributed by atoms with E-state index in [0.29, 0.717) is 25.7 Å². The SMILES string of the molecule is CCCCCCCCCCCCCCCCCCCCCCC(=O)OC[C@H](COP(=O)(O)OC[C@@H](O)COP(=O)(O)OC[C@@H](COC(=O)CCCCCCCCCCCCC)OC(=O)CCCCCCCCCCC(C)C)OC(=O)CCCCCCCCCCCCCCCCCCCCC(C)CC. The van der Waals surface area contributed by atoms with Gasteiger partial charge in [-0.05, 0) is 37.5 Å². The van der Waals surface area contributed by atoms with Crippen molar-refractivity contribution in [2.75, 3.05) is 39.6 Å². The van der Waals surface area contributed by atoms with Crippen LogP contribution >= 0.6 is 15.6 Å². The fraction of sp³-hybridized carbons (Fsp3) is 0.953. The highest BCUT2D eigenvalue weighted by atomic mass is 31.2. The van der Waals surface area contributed by atoms with E-state index in [-0.39, 0.29) is 25.7 Å². The molecule has 0 amide bonds. The zero-order valence-electron chi connectivity index (χ0n) is 68.3. The minimum absolute atomic E-state index is 0.105. The highest BCUT2D eigenvalue weighted by Gasteiger charge is 2.30. The van der Waals surface area contributed by atoms with E-state index < -0.39 is 97.5 Å². The number of phosphoric acid groups is 2. The molecule has 618 valence electrons. The normalized spacial score (nSPS) is 14.1. The van der Waals surface area contributed by atoms with Gasteiger partial charge in [0.2, 0.25) is 0 Å². The highest BCUT2D eigenvalue weighted by molar-refractivity contribution is 7.47. The fourth-order valence-corrected chi connectivity index (χ4v) is 14.8. The van der Waals surface area contributed by atoms with Crippen LogP contribution in [0.5, 0.6) is 0 Å². The van der Waals surface area contributed by atoms with Gasteiger partial charge >= 0.3 is 39.5 Å².